The summed E-state index contributed by atoms with van der Waals surface area (Å²) in [5.74, 6) is 0.486. The van der Waals surface area contributed by atoms with Gasteiger partial charge in [0.05, 0.1) is 15.7 Å². The van der Waals surface area contributed by atoms with E-state index in [0.717, 1.165) is 9.47 Å². The molecule has 1 amide bonds. The number of halogens is 2. The minimum absolute atomic E-state index is 0.131. The third-order valence-corrected chi connectivity index (χ3v) is 5.71. The lowest BCUT2D eigenvalue weighted by atomic mass is 10.3. The molecule has 0 saturated heterocycles. The van der Waals surface area contributed by atoms with Crippen molar-refractivity contribution in [1.29, 1.82) is 0 Å². The number of hydrogen-bond acceptors (Lipinski definition) is 6. The summed E-state index contributed by atoms with van der Waals surface area (Å²) in [5.41, 5.74) is 0.456. The predicted molar refractivity (Wildman–Crippen MR) is 97.0 cm³/mol. The van der Waals surface area contributed by atoms with Gasteiger partial charge in [-0.3, -0.25) is 4.79 Å². The molecule has 0 spiro atoms. The van der Waals surface area contributed by atoms with E-state index in [1.54, 1.807) is 18.2 Å². The minimum Gasteiger partial charge on any atom is -0.357 e. The van der Waals surface area contributed by atoms with E-state index in [1.165, 1.54) is 35.9 Å². The van der Waals surface area contributed by atoms with Crippen LogP contribution in [0.4, 0.5) is 10.8 Å². The van der Waals surface area contributed by atoms with E-state index in [0.29, 0.717) is 33.9 Å². The van der Waals surface area contributed by atoms with Gasteiger partial charge in [-0.1, -0.05) is 52.4 Å². The van der Waals surface area contributed by atoms with Crippen molar-refractivity contribution in [1.82, 2.24) is 10.2 Å². The zero-order valence-corrected chi connectivity index (χ0v) is 15.2. The number of amides is 1. The van der Waals surface area contributed by atoms with Gasteiger partial charge in [0.15, 0.2) is 4.34 Å². The summed E-state index contributed by atoms with van der Waals surface area (Å²) in [7, 11) is 0. The number of anilines is 2. The molecule has 0 aliphatic heterocycles. The van der Waals surface area contributed by atoms with E-state index in [1.807, 2.05) is 0 Å². The predicted octanol–water partition coefficient (Wildman–Crippen LogP) is 4.54. The average molecular weight is 389 g/mol. The molecule has 0 bridgehead atoms. The van der Waals surface area contributed by atoms with E-state index in [2.05, 4.69) is 20.8 Å². The molecule has 9 heteroatoms. The van der Waals surface area contributed by atoms with Crippen molar-refractivity contribution in [2.75, 3.05) is 16.4 Å². The van der Waals surface area contributed by atoms with Crippen LogP contribution in [-0.4, -0.2) is 27.9 Å². The van der Waals surface area contributed by atoms with Gasteiger partial charge in [0.25, 0.3) is 0 Å². The maximum Gasteiger partial charge on any atom is 0.225 e. The Morgan fingerprint density at radius 2 is 2.04 bits per heavy atom. The minimum atomic E-state index is -0.131. The highest BCUT2D eigenvalue weighted by atomic mass is 35.5. The lowest BCUT2D eigenvalue weighted by Crippen LogP contribution is -2.12. The second-order valence-corrected chi connectivity index (χ2v) is 8.17. The fraction of sp³-hybridized carbons (Fsp3) is 0.357. The molecule has 2 N–H and O–H groups in total. The van der Waals surface area contributed by atoms with Crippen molar-refractivity contribution >= 4 is 63.0 Å². The molecule has 122 valence electrons. The summed E-state index contributed by atoms with van der Waals surface area (Å²) in [6.07, 6.45) is 2.75. The van der Waals surface area contributed by atoms with E-state index in [4.69, 9.17) is 23.2 Å². The van der Waals surface area contributed by atoms with Crippen molar-refractivity contribution in [3.05, 3.63) is 28.2 Å². The number of carbonyl (C=O) groups excluding carboxylic acids is 1. The number of benzene rings is 1. The maximum absolute atomic E-state index is 12.0. The van der Waals surface area contributed by atoms with Crippen LogP contribution in [0.2, 0.25) is 10.0 Å². The van der Waals surface area contributed by atoms with E-state index < -0.39 is 0 Å². The summed E-state index contributed by atoms with van der Waals surface area (Å²) < 4.78 is 0.858. The number of thioether (sulfide) groups is 1. The molecule has 0 atom stereocenters. The first-order valence-electron chi connectivity index (χ1n) is 7.08. The monoisotopic (exact) mass is 388 g/mol. The van der Waals surface area contributed by atoms with Crippen molar-refractivity contribution in [3.63, 3.8) is 0 Å². The highest BCUT2D eigenvalue weighted by molar-refractivity contribution is 8.01. The zero-order valence-electron chi connectivity index (χ0n) is 12.0. The van der Waals surface area contributed by atoms with Gasteiger partial charge in [-0.25, -0.2) is 0 Å². The van der Waals surface area contributed by atoms with Gasteiger partial charge in [0, 0.05) is 18.2 Å². The van der Waals surface area contributed by atoms with Gasteiger partial charge in [-0.05, 0) is 25.0 Å². The van der Waals surface area contributed by atoms with Crippen LogP contribution in [-0.2, 0) is 4.79 Å². The number of rotatable bonds is 7. The van der Waals surface area contributed by atoms with Crippen molar-refractivity contribution < 1.29 is 4.79 Å². The lowest BCUT2D eigenvalue weighted by molar-refractivity contribution is -0.115. The third kappa shape index (κ3) is 4.97. The van der Waals surface area contributed by atoms with Crippen LogP contribution in [0.1, 0.15) is 19.3 Å². The molecule has 0 radical (unpaired) electrons. The highest BCUT2D eigenvalue weighted by Gasteiger charge is 2.22. The Hall–Kier alpha value is -1.02. The quantitative estimate of drug-likeness (QED) is 0.681. The fourth-order valence-corrected chi connectivity index (χ4v) is 4.11. The van der Waals surface area contributed by atoms with Gasteiger partial charge < -0.3 is 10.6 Å². The largest absolute Gasteiger partial charge is 0.357 e. The molecular weight excluding hydrogens is 375 g/mol. The van der Waals surface area contributed by atoms with Gasteiger partial charge >= 0.3 is 0 Å². The second kappa shape index (κ2) is 7.70. The molecule has 5 nitrogen and oxygen atoms in total. The van der Waals surface area contributed by atoms with E-state index in [9.17, 15) is 4.79 Å². The Morgan fingerprint density at radius 3 is 2.74 bits per heavy atom. The SMILES string of the molecule is O=C(CCSc1nnc(NC2CC2)s1)Nc1c(Cl)cccc1Cl. The summed E-state index contributed by atoms with van der Waals surface area (Å²) in [4.78, 5) is 12.0. The first-order chi connectivity index (χ1) is 11.1. The number of carbonyl (C=O) groups is 1. The van der Waals surface area contributed by atoms with Crippen LogP contribution in [0, 0.1) is 0 Å². The molecule has 0 unspecified atom stereocenters. The topological polar surface area (TPSA) is 66.9 Å². The smallest absolute Gasteiger partial charge is 0.225 e. The molecule has 23 heavy (non-hydrogen) atoms. The number of nitrogens with one attached hydrogen (secondary N) is 2. The number of nitrogens with zero attached hydrogens (tertiary/aromatic N) is 2. The Bertz CT molecular complexity index is 686. The standard InChI is InChI=1S/C14H14Cl2N4OS2/c15-9-2-1-3-10(16)12(9)18-11(21)6-7-22-14-20-19-13(23-14)17-8-4-5-8/h1-3,8H,4-7H2,(H,17,19)(H,18,21). The molecule has 1 aromatic carbocycles. The first kappa shape index (κ1) is 16.8. The van der Waals surface area contributed by atoms with E-state index >= 15 is 0 Å². The van der Waals surface area contributed by atoms with Crippen LogP contribution in [0.15, 0.2) is 22.5 Å². The average Bonchev–Trinajstić information content (AvgIpc) is 3.21. The molecule has 1 fully saturated rings. The first-order valence-corrected chi connectivity index (χ1v) is 9.64. The third-order valence-electron chi connectivity index (χ3n) is 3.09. The Morgan fingerprint density at radius 1 is 1.30 bits per heavy atom. The molecule has 1 aliphatic rings. The highest BCUT2D eigenvalue weighted by Crippen LogP contribution is 2.31. The van der Waals surface area contributed by atoms with Gasteiger partial charge in [-0.15, -0.1) is 10.2 Å². The Balaban J connectivity index is 1.44. The summed E-state index contributed by atoms with van der Waals surface area (Å²) in [6.45, 7) is 0. The van der Waals surface area contributed by atoms with Gasteiger partial charge in [-0.2, -0.15) is 0 Å². The number of para-hydroxylation sites is 1. The van der Waals surface area contributed by atoms with E-state index in [-0.39, 0.29) is 5.91 Å². The van der Waals surface area contributed by atoms with Crippen LogP contribution >= 0.6 is 46.3 Å². The van der Waals surface area contributed by atoms with Crippen LogP contribution in [0.3, 0.4) is 0 Å². The molecule has 3 rings (SSSR count). The van der Waals surface area contributed by atoms with Crippen molar-refractivity contribution in [3.8, 4) is 0 Å². The van der Waals surface area contributed by atoms with Crippen LogP contribution in [0.25, 0.3) is 0 Å². The molecule has 1 aromatic heterocycles. The van der Waals surface area contributed by atoms with Gasteiger partial charge in [0.1, 0.15) is 0 Å². The molecular formula is C14H14Cl2N4OS2. The number of aromatic nitrogens is 2. The van der Waals surface area contributed by atoms with Gasteiger partial charge in [0.2, 0.25) is 11.0 Å². The lowest BCUT2D eigenvalue weighted by Gasteiger charge is -2.08. The summed E-state index contributed by atoms with van der Waals surface area (Å²) in [6, 6.07) is 5.67. The molecule has 1 heterocycles. The fourth-order valence-electron chi connectivity index (χ4n) is 1.78. The van der Waals surface area contributed by atoms with Crippen LogP contribution < -0.4 is 10.6 Å². The molecule has 1 saturated carbocycles. The Kier molecular flexibility index (Phi) is 5.63. The molecule has 2 aromatic rings. The summed E-state index contributed by atoms with van der Waals surface area (Å²) in [5, 5.41) is 15.9. The van der Waals surface area contributed by atoms with Crippen LogP contribution in [0.5, 0.6) is 0 Å². The zero-order chi connectivity index (χ0) is 16.2. The summed E-state index contributed by atoms with van der Waals surface area (Å²) >= 11 is 15.1. The normalized spacial score (nSPS) is 13.8. The second-order valence-electron chi connectivity index (χ2n) is 5.04. The van der Waals surface area contributed by atoms with Crippen molar-refractivity contribution in [2.24, 2.45) is 0 Å². The van der Waals surface area contributed by atoms with Crippen molar-refractivity contribution in [2.45, 2.75) is 29.6 Å². The maximum atomic E-state index is 12.0. The molecule has 1 aliphatic carbocycles. The number of hydrogen-bond donors (Lipinski definition) is 2. The Labute approximate surface area is 152 Å².